The molecule has 0 spiro atoms. The first kappa shape index (κ1) is 23.4. The largest absolute Gasteiger partial charge is 0.377 e. The summed E-state index contributed by atoms with van der Waals surface area (Å²) >= 11 is 0. The van der Waals surface area contributed by atoms with E-state index < -0.39 is 0 Å². The summed E-state index contributed by atoms with van der Waals surface area (Å²) in [4.78, 5) is 4.71. The molecule has 8 heteroatoms. The van der Waals surface area contributed by atoms with Gasteiger partial charge in [-0.05, 0) is 25.0 Å². The number of aliphatic imine (C=N–C) groups is 1. The van der Waals surface area contributed by atoms with E-state index >= 15 is 0 Å². The Labute approximate surface area is 179 Å². The van der Waals surface area contributed by atoms with Gasteiger partial charge in [-0.25, -0.2) is 4.99 Å². The van der Waals surface area contributed by atoms with Crippen molar-refractivity contribution in [2.75, 3.05) is 19.7 Å². The Bertz CT molecular complexity index is 688. The van der Waals surface area contributed by atoms with E-state index in [9.17, 15) is 0 Å². The van der Waals surface area contributed by atoms with Crippen molar-refractivity contribution in [2.24, 2.45) is 4.99 Å². The number of hydrogen-bond acceptors (Lipinski definition) is 4. The van der Waals surface area contributed by atoms with E-state index in [1.54, 1.807) is 6.33 Å². The number of hydrogen-bond donors (Lipinski definition) is 2. The summed E-state index contributed by atoms with van der Waals surface area (Å²) in [6, 6.07) is 8.28. The maximum atomic E-state index is 5.55. The van der Waals surface area contributed by atoms with Crippen molar-refractivity contribution in [3.05, 3.63) is 47.5 Å². The Morgan fingerprint density at radius 1 is 1.15 bits per heavy atom. The van der Waals surface area contributed by atoms with Gasteiger partial charge in [0.25, 0.3) is 0 Å². The molecule has 0 amide bonds. The standard InChI is InChI=1S/C19H30N6O.HI/c1-4-18-24-23-15-25(18)12-11-21-19(20-5-2)22-13-16-9-7-8-10-17(16)14-26-6-3;/h7-10,15H,4-6,11-14H2,1-3H3,(H2,20,21,22);1H. The first-order valence-electron chi connectivity index (χ1n) is 9.31. The third kappa shape index (κ3) is 7.84. The van der Waals surface area contributed by atoms with Crippen LogP contribution in [0.25, 0.3) is 0 Å². The number of rotatable bonds is 10. The minimum atomic E-state index is 0. The first-order chi connectivity index (χ1) is 12.8. The van der Waals surface area contributed by atoms with Crippen LogP contribution in [0.4, 0.5) is 0 Å². The zero-order chi connectivity index (χ0) is 18.6. The van der Waals surface area contributed by atoms with Crippen LogP contribution in [0.5, 0.6) is 0 Å². The molecule has 0 saturated heterocycles. The summed E-state index contributed by atoms with van der Waals surface area (Å²) in [5.74, 6) is 1.81. The van der Waals surface area contributed by atoms with Gasteiger partial charge in [0, 0.05) is 32.7 Å². The zero-order valence-corrected chi connectivity index (χ0v) is 18.8. The smallest absolute Gasteiger partial charge is 0.191 e. The molecular formula is C19H31IN6O. The lowest BCUT2D eigenvalue weighted by atomic mass is 10.1. The maximum Gasteiger partial charge on any atom is 0.191 e. The summed E-state index contributed by atoms with van der Waals surface area (Å²) in [5, 5.41) is 14.7. The number of nitrogens with zero attached hydrogens (tertiary/aromatic N) is 4. The van der Waals surface area contributed by atoms with Crippen LogP contribution < -0.4 is 10.6 Å². The molecule has 7 nitrogen and oxygen atoms in total. The Hall–Kier alpha value is -1.68. The molecule has 0 unspecified atom stereocenters. The van der Waals surface area contributed by atoms with Crippen molar-refractivity contribution in [1.82, 2.24) is 25.4 Å². The van der Waals surface area contributed by atoms with E-state index in [4.69, 9.17) is 9.73 Å². The Morgan fingerprint density at radius 3 is 2.63 bits per heavy atom. The molecule has 0 aliphatic rings. The predicted molar refractivity (Wildman–Crippen MR) is 119 cm³/mol. The van der Waals surface area contributed by atoms with E-state index in [1.807, 2.05) is 19.1 Å². The lowest BCUT2D eigenvalue weighted by Crippen LogP contribution is -2.39. The normalized spacial score (nSPS) is 11.1. The molecule has 0 fully saturated rings. The van der Waals surface area contributed by atoms with Gasteiger partial charge in [-0.15, -0.1) is 34.2 Å². The van der Waals surface area contributed by atoms with Crippen LogP contribution in [-0.4, -0.2) is 40.4 Å². The summed E-state index contributed by atoms with van der Waals surface area (Å²) < 4.78 is 7.61. The molecule has 2 aromatic rings. The molecule has 0 saturated carbocycles. The molecule has 1 aromatic carbocycles. The Kier molecular flexibility index (Phi) is 11.7. The highest BCUT2D eigenvalue weighted by atomic mass is 127. The summed E-state index contributed by atoms with van der Waals surface area (Å²) in [7, 11) is 0. The lowest BCUT2D eigenvalue weighted by Gasteiger charge is -2.13. The van der Waals surface area contributed by atoms with Crippen molar-refractivity contribution >= 4 is 29.9 Å². The van der Waals surface area contributed by atoms with E-state index in [-0.39, 0.29) is 24.0 Å². The second kappa shape index (κ2) is 13.5. The van der Waals surface area contributed by atoms with Crippen molar-refractivity contribution in [1.29, 1.82) is 0 Å². The summed E-state index contributed by atoms with van der Waals surface area (Å²) in [5.41, 5.74) is 2.37. The van der Waals surface area contributed by atoms with Gasteiger partial charge in [0.2, 0.25) is 0 Å². The van der Waals surface area contributed by atoms with Crippen molar-refractivity contribution < 1.29 is 4.74 Å². The highest BCUT2D eigenvalue weighted by molar-refractivity contribution is 14.0. The molecule has 0 aliphatic carbocycles. The van der Waals surface area contributed by atoms with Gasteiger partial charge in [0.05, 0.1) is 13.2 Å². The molecule has 0 bridgehead atoms. The van der Waals surface area contributed by atoms with Crippen LogP contribution in [0.15, 0.2) is 35.6 Å². The second-order valence-corrected chi connectivity index (χ2v) is 5.82. The highest BCUT2D eigenvalue weighted by Crippen LogP contribution is 2.11. The molecule has 2 rings (SSSR count). The second-order valence-electron chi connectivity index (χ2n) is 5.82. The number of aromatic nitrogens is 3. The minimum absolute atomic E-state index is 0. The molecule has 0 radical (unpaired) electrons. The van der Waals surface area contributed by atoms with Gasteiger partial charge in [-0.3, -0.25) is 0 Å². The molecule has 1 heterocycles. The van der Waals surface area contributed by atoms with Crippen LogP contribution in [0.3, 0.4) is 0 Å². The summed E-state index contributed by atoms with van der Waals surface area (Å²) in [6.45, 7) is 10.5. The van der Waals surface area contributed by atoms with E-state index in [0.717, 1.165) is 37.8 Å². The monoisotopic (exact) mass is 486 g/mol. The Balaban J connectivity index is 0.00000364. The van der Waals surface area contributed by atoms with Gasteiger partial charge in [0.1, 0.15) is 12.2 Å². The fourth-order valence-electron chi connectivity index (χ4n) is 2.60. The minimum Gasteiger partial charge on any atom is -0.377 e. The fourth-order valence-corrected chi connectivity index (χ4v) is 2.60. The van der Waals surface area contributed by atoms with Crippen molar-refractivity contribution in [3.8, 4) is 0 Å². The number of aryl methyl sites for hydroxylation is 1. The first-order valence-corrected chi connectivity index (χ1v) is 9.31. The topological polar surface area (TPSA) is 76.4 Å². The van der Waals surface area contributed by atoms with E-state index in [1.165, 1.54) is 11.1 Å². The maximum absolute atomic E-state index is 5.55. The molecular weight excluding hydrogens is 455 g/mol. The average molecular weight is 486 g/mol. The molecule has 27 heavy (non-hydrogen) atoms. The predicted octanol–water partition coefficient (Wildman–Crippen LogP) is 2.75. The molecule has 2 N–H and O–H groups in total. The average Bonchev–Trinajstić information content (AvgIpc) is 3.12. The number of nitrogens with one attached hydrogen (secondary N) is 2. The fraction of sp³-hybridized carbons (Fsp3) is 0.526. The quantitative estimate of drug-likeness (QED) is 0.307. The third-order valence-electron chi connectivity index (χ3n) is 3.99. The van der Waals surface area contributed by atoms with E-state index in [0.29, 0.717) is 19.8 Å². The van der Waals surface area contributed by atoms with Crippen LogP contribution >= 0.6 is 24.0 Å². The zero-order valence-electron chi connectivity index (χ0n) is 16.4. The third-order valence-corrected chi connectivity index (χ3v) is 3.99. The number of guanidine groups is 1. The van der Waals surface area contributed by atoms with Crippen LogP contribution in [0.1, 0.15) is 37.7 Å². The van der Waals surface area contributed by atoms with Crippen LogP contribution in [-0.2, 0) is 30.9 Å². The van der Waals surface area contributed by atoms with Crippen molar-refractivity contribution in [2.45, 2.75) is 46.9 Å². The van der Waals surface area contributed by atoms with Crippen LogP contribution in [0.2, 0.25) is 0 Å². The van der Waals surface area contributed by atoms with Gasteiger partial charge >= 0.3 is 0 Å². The number of ether oxygens (including phenoxy) is 1. The number of halogens is 1. The van der Waals surface area contributed by atoms with Gasteiger partial charge in [-0.2, -0.15) is 0 Å². The van der Waals surface area contributed by atoms with Gasteiger partial charge < -0.3 is 19.9 Å². The molecule has 1 aromatic heterocycles. The van der Waals surface area contributed by atoms with Gasteiger partial charge in [0.15, 0.2) is 5.96 Å². The Morgan fingerprint density at radius 2 is 1.93 bits per heavy atom. The molecule has 0 atom stereocenters. The van der Waals surface area contributed by atoms with Gasteiger partial charge in [-0.1, -0.05) is 31.2 Å². The highest BCUT2D eigenvalue weighted by Gasteiger charge is 2.04. The van der Waals surface area contributed by atoms with Crippen LogP contribution in [0, 0.1) is 0 Å². The van der Waals surface area contributed by atoms with Crippen molar-refractivity contribution in [3.63, 3.8) is 0 Å². The molecule has 0 aliphatic heterocycles. The molecule has 150 valence electrons. The van der Waals surface area contributed by atoms with E-state index in [2.05, 4.69) is 51.4 Å². The number of benzene rings is 1. The lowest BCUT2D eigenvalue weighted by molar-refractivity contribution is 0.133. The SMILES string of the molecule is CCNC(=NCc1ccccc1COCC)NCCn1cnnc1CC.I. The summed E-state index contributed by atoms with van der Waals surface area (Å²) in [6.07, 6.45) is 2.65.